The van der Waals surface area contributed by atoms with Crippen molar-refractivity contribution in [1.29, 1.82) is 0 Å². The van der Waals surface area contributed by atoms with Crippen LogP contribution in [0.25, 0.3) is 0 Å². The van der Waals surface area contributed by atoms with E-state index in [4.69, 9.17) is 9.47 Å². The van der Waals surface area contributed by atoms with Crippen molar-refractivity contribution in [2.45, 2.75) is 29.7 Å². The fourth-order valence-corrected chi connectivity index (χ4v) is 4.98. The van der Waals surface area contributed by atoms with Crippen LogP contribution in [-0.2, 0) is 19.5 Å². The van der Waals surface area contributed by atoms with Crippen LogP contribution in [0.4, 0.5) is 0 Å². The Kier molecular flexibility index (Phi) is 6.05. The van der Waals surface area contributed by atoms with E-state index in [-0.39, 0.29) is 21.7 Å². The van der Waals surface area contributed by atoms with Gasteiger partial charge in [-0.05, 0) is 37.5 Å². The van der Waals surface area contributed by atoms with Gasteiger partial charge in [-0.2, -0.15) is 0 Å². The quantitative estimate of drug-likeness (QED) is 0.685. The van der Waals surface area contributed by atoms with Crippen LogP contribution >= 0.6 is 0 Å². The van der Waals surface area contributed by atoms with Crippen LogP contribution in [0, 0.1) is 0 Å². The molecule has 0 atom stereocenters. The molecule has 0 unspecified atom stereocenters. The molecule has 8 nitrogen and oxygen atoms in total. The Morgan fingerprint density at radius 2 is 1.96 bits per heavy atom. The van der Waals surface area contributed by atoms with Crippen molar-refractivity contribution in [1.82, 2.24) is 9.62 Å². The molecule has 150 valence electrons. The lowest BCUT2D eigenvalue weighted by atomic mass is 9.75. The summed E-state index contributed by atoms with van der Waals surface area (Å²) < 4.78 is 43.9. The summed E-state index contributed by atoms with van der Waals surface area (Å²) in [7, 11) is -1.21. The van der Waals surface area contributed by atoms with Gasteiger partial charge in [-0.3, -0.25) is 4.90 Å². The van der Waals surface area contributed by atoms with E-state index >= 15 is 0 Å². The Balaban J connectivity index is 1.80. The number of esters is 1. The van der Waals surface area contributed by atoms with Crippen molar-refractivity contribution in [2.75, 3.05) is 47.1 Å². The first-order valence-corrected chi connectivity index (χ1v) is 10.5. The zero-order chi connectivity index (χ0) is 19.5. The molecule has 0 aromatic heterocycles. The molecular weight excluding hydrogens is 372 g/mol. The van der Waals surface area contributed by atoms with Crippen molar-refractivity contribution in [3.8, 4) is 5.75 Å². The van der Waals surface area contributed by atoms with Crippen LogP contribution in [-0.4, -0.2) is 71.9 Å². The van der Waals surface area contributed by atoms with Gasteiger partial charge in [0.2, 0.25) is 10.0 Å². The first kappa shape index (κ1) is 20.1. The van der Waals surface area contributed by atoms with E-state index in [1.54, 1.807) is 0 Å². The second-order valence-electron chi connectivity index (χ2n) is 6.86. The van der Waals surface area contributed by atoms with Crippen molar-refractivity contribution in [3.05, 3.63) is 23.8 Å². The SMILES string of the molecule is COC(=O)c1ccc(OC)c(S(=O)(=O)NCC2(N3CCOCC3)CCC2)c1. The minimum absolute atomic E-state index is 0.0654. The third-order valence-electron chi connectivity index (χ3n) is 5.43. The number of carbonyl (C=O) groups is 1. The average molecular weight is 398 g/mol. The Morgan fingerprint density at radius 1 is 1.26 bits per heavy atom. The summed E-state index contributed by atoms with van der Waals surface area (Å²) in [6.45, 7) is 3.28. The monoisotopic (exact) mass is 398 g/mol. The number of hydrogen-bond donors (Lipinski definition) is 1. The Labute approximate surface area is 159 Å². The van der Waals surface area contributed by atoms with Gasteiger partial charge in [-0.1, -0.05) is 0 Å². The predicted octanol–water partition coefficient (Wildman–Crippen LogP) is 1.01. The molecule has 1 saturated heterocycles. The van der Waals surface area contributed by atoms with Crippen LogP contribution in [0.5, 0.6) is 5.75 Å². The number of benzene rings is 1. The lowest BCUT2D eigenvalue weighted by Crippen LogP contribution is -2.62. The van der Waals surface area contributed by atoms with E-state index in [1.165, 1.54) is 32.4 Å². The molecule has 1 heterocycles. The van der Waals surface area contributed by atoms with Gasteiger partial charge >= 0.3 is 5.97 Å². The van der Waals surface area contributed by atoms with Gasteiger partial charge in [0.1, 0.15) is 10.6 Å². The topological polar surface area (TPSA) is 94.2 Å². The van der Waals surface area contributed by atoms with Crippen molar-refractivity contribution in [2.24, 2.45) is 0 Å². The number of hydrogen-bond acceptors (Lipinski definition) is 7. The summed E-state index contributed by atoms with van der Waals surface area (Å²) in [5.41, 5.74) is -0.00505. The zero-order valence-electron chi connectivity index (χ0n) is 15.7. The first-order valence-electron chi connectivity index (χ1n) is 9.01. The number of ether oxygens (including phenoxy) is 3. The van der Waals surface area contributed by atoms with Crippen molar-refractivity contribution < 1.29 is 27.4 Å². The van der Waals surface area contributed by atoms with Gasteiger partial charge in [-0.15, -0.1) is 0 Å². The summed E-state index contributed by atoms with van der Waals surface area (Å²) in [6.07, 6.45) is 2.99. The second kappa shape index (κ2) is 8.14. The van der Waals surface area contributed by atoms with E-state index in [2.05, 4.69) is 14.4 Å². The van der Waals surface area contributed by atoms with Crippen LogP contribution in [0.15, 0.2) is 23.1 Å². The largest absolute Gasteiger partial charge is 0.495 e. The van der Waals surface area contributed by atoms with Gasteiger partial charge in [0.05, 0.1) is 33.0 Å². The fourth-order valence-electron chi connectivity index (χ4n) is 3.67. The van der Waals surface area contributed by atoms with Gasteiger partial charge in [0, 0.05) is 25.2 Å². The molecule has 1 aromatic carbocycles. The molecule has 1 saturated carbocycles. The minimum atomic E-state index is -3.86. The highest BCUT2D eigenvalue weighted by atomic mass is 32.2. The highest BCUT2D eigenvalue weighted by Gasteiger charge is 2.43. The smallest absolute Gasteiger partial charge is 0.337 e. The Hall–Kier alpha value is -1.68. The van der Waals surface area contributed by atoms with E-state index in [0.717, 1.165) is 32.4 Å². The van der Waals surface area contributed by atoms with Gasteiger partial charge < -0.3 is 14.2 Å². The molecule has 3 rings (SSSR count). The maximum absolute atomic E-state index is 13.0. The van der Waals surface area contributed by atoms with Crippen LogP contribution in [0.2, 0.25) is 0 Å². The average Bonchev–Trinajstić information content (AvgIpc) is 2.66. The molecule has 1 aliphatic carbocycles. The number of sulfonamides is 1. The number of morpholine rings is 1. The molecule has 9 heteroatoms. The molecule has 0 radical (unpaired) electrons. The first-order chi connectivity index (χ1) is 12.9. The molecule has 0 spiro atoms. The molecule has 0 bridgehead atoms. The molecule has 1 aromatic rings. The summed E-state index contributed by atoms with van der Waals surface area (Å²) in [5.74, 6) is -0.415. The summed E-state index contributed by atoms with van der Waals surface area (Å²) in [4.78, 5) is 14.0. The molecule has 1 N–H and O–H groups in total. The van der Waals surface area contributed by atoms with E-state index < -0.39 is 16.0 Å². The molecule has 2 fully saturated rings. The summed E-state index contributed by atoms with van der Waals surface area (Å²) in [5, 5.41) is 0. The zero-order valence-corrected chi connectivity index (χ0v) is 16.5. The van der Waals surface area contributed by atoms with Crippen LogP contribution < -0.4 is 9.46 Å². The van der Waals surface area contributed by atoms with Gasteiger partial charge in [0.15, 0.2) is 0 Å². The molecule has 2 aliphatic rings. The van der Waals surface area contributed by atoms with E-state index in [1.807, 2.05) is 0 Å². The predicted molar refractivity (Wildman–Crippen MR) is 98.5 cm³/mol. The van der Waals surface area contributed by atoms with E-state index in [0.29, 0.717) is 19.8 Å². The maximum atomic E-state index is 13.0. The number of rotatable bonds is 7. The van der Waals surface area contributed by atoms with E-state index in [9.17, 15) is 13.2 Å². The van der Waals surface area contributed by atoms with Gasteiger partial charge in [0.25, 0.3) is 0 Å². The van der Waals surface area contributed by atoms with Crippen LogP contribution in [0.3, 0.4) is 0 Å². The highest BCUT2D eigenvalue weighted by Crippen LogP contribution is 2.38. The minimum Gasteiger partial charge on any atom is -0.495 e. The maximum Gasteiger partial charge on any atom is 0.337 e. The standard InChI is InChI=1S/C18H26N2O6S/c1-24-15-5-4-14(17(21)25-2)12-16(15)27(22,23)19-13-18(6-3-7-18)20-8-10-26-11-9-20/h4-5,12,19H,3,6-11,13H2,1-2H3. The lowest BCUT2D eigenvalue weighted by Gasteiger charge is -2.51. The third-order valence-corrected chi connectivity index (χ3v) is 6.85. The summed E-state index contributed by atoms with van der Waals surface area (Å²) >= 11 is 0. The molecular formula is C18H26N2O6S. The lowest BCUT2D eigenvalue weighted by molar-refractivity contribution is -0.0527. The molecule has 27 heavy (non-hydrogen) atoms. The highest BCUT2D eigenvalue weighted by molar-refractivity contribution is 7.89. The van der Waals surface area contributed by atoms with Crippen LogP contribution in [0.1, 0.15) is 29.6 Å². The molecule has 0 amide bonds. The summed E-state index contributed by atoms with van der Waals surface area (Å²) in [6, 6.07) is 4.22. The fraction of sp³-hybridized carbons (Fsp3) is 0.611. The van der Waals surface area contributed by atoms with Gasteiger partial charge in [-0.25, -0.2) is 17.9 Å². The third kappa shape index (κ3) is 4.11. The number of carbonyl (C=O) groups excluding carboxylic acids is 1. The van der Waals surface area contributed by atoms with Crippen molar-refractivity contribution >= 4 is 16.0 Å². The molecule has 1 aliphatic heterocycles. The number of nitrogens with zero attached hydrogens (tertiary/aromatic N) is 1. The number of nitrogens with one attached hydrogen (secondary N) is 1. The second-order valence-corrected chi connectivity index (χ2v) is 8.59. The normalized spacial score (nSPS) is 19.9. The Bertz CT molecular complexity index is 785. The Morgan fingerprint density at radius 3 is 2.52 bits per heavy atom. The number of methoxy groups -OCH3 is 2. The van der Waals surface area contributed by atoms with Crippen molar-refractivity contribution in [3.63, 3.8) is 0 Å².